The molecule has 1 aromatic carbocycles. The van der Waals surface area contributed by atoms with Crippen LogP contribution in [0.2, 0.25) is 0 Å². The van der Waals surface area contributed by atoms with Gasteiger partial charge in [-0.2, -0.15) is 0 Å². The predicted octanol–water partition coefficient (Wildman–Crippen LogP) is 1.07. The largest absolute Gasteiger partial charge is 0.480 e. The molecule has 1 fully saturated rings. The number of hydrogen-bond acceptors (Lipinski definition) is 3. The Morgan fingerprint density at radius 1 is 1.41 bits per heavy atom. The second kappa shape index (κ2) is 5.29. The van der Waals surface area contributed by atoms with Crippen molar-refractivity contribution in [2.75, 3.05) is 6.54 Å². The van der Waals surface area contributed by atoms with Crippen molar-refractivity contribution >= 4 is 5.97 Å². The molecule has 4 nitrogen and oxygen atoms in total. The molecular weight excluding hydrogens is 216 g/mol. The van der Waals surface area contributed by atoms with Crippen LogP contribution in [0.3, 0.4) is 0 Å². The fraction of sp³-hybridized carbons (Fsp3) is 0.462. The number of rotatable bonds is 3. The van der Waals surface area contributed by atoms with Crippen LogP contribution in [-0.2, 0) is 11.3 Å². The molecule has 17 heavy (non-hydrogen) atoms. The van der Waals surface area contributed by atoms with Gasteiger partial charge in [-0.1, -0.05) is 24.3 Å². The number of carbonyl (C=O) groups is 1. The van der Waals surface area contributed by atoms with E-state index in [1.54, 1.807) is 0 Å². The summed E-state index contributed by atoms with van der Waals surface area (Å²) in [5.74, 6) is -0.703. The molecule has 92 valence electrons. The molecule has 2 rings (SSSR count). The second-order valence-corrected chi connectivity index (χ2v) is 4.46. The zero-order valence-corrected chi connectivity index (χ0v) is 9.73. The highest BCUT2D eigenvalue weighted by atomic mass is 16.4. The number of aliphatic carboxylic acids is 1. The molecule has 1 heterocycles. The van der Waals surface area contributed by atoms with E-state index in [-0.39, 0.29) is 5.92 Å². The summed E-state index contributed by atoms with van der Waals surface area (Å²) in [5, 5.41) is 12.3. The number of piperidine rings is 1. The lowest BCUT2D eigenvalue weighted by Crippen LogP contribution is -2.45. The van der Waals surface area contributed by atoms with Crippen LogP contribution in [0.25, 0.3) is 0 Å². The highest BCUT2D eigenvalue weighted by Gasteiger charge is 2.31. The first-order chi connectivity index (χ1) is 8.22. The van der Waals surface area contributed by atoms with E-state index in [9.17, 15) is 9.90 Å². The maximum Gasteiger partial charge on any atom is 0.321 e. The van der Waals surface area contributed by atoms with Crippen LogP contribution in [0.1, 0.15) is 29.9 Å². The number of nitrogens with one attached hydrogen (secondary N) is 1. The van der Waals surface area contributed by atoms with Crippen molar-refractivity contribution in [2.45, 2.75) is 31.3 Å². The van der Waals surface area contributed by atoms with E-state index in [1.165, 1.54) is 0 Å². The molecule has 4 heteroatoms. The molecule has 0 amide bonds. The van der Waals surface area contributed by atoms with Gasteiger partial charge in [0.05, 0.1) is 0 Å². The first-order valence-electron chi connectivity index (χ1n) is 5.97. The van der Waals surface area contributed by atoms with Crippen molar-refractivity contribution in [3.63, 3.8) is 0 Å². The monoisotopic (exact) mass is 234 g/mol. The summed E-state index contributed by atoms with van der Waals surface area (Å²) >= 11 is 0. The summed E-state index contributed by atoms with van der Waals surface area (Å²) in [4.78, 5) is 11.2. The van der Waals surface area contributed by atoms with Crippen molar-refractivity contribution in [1.29, 1.82) is 0 Å². The first-order valence-corrected chi connectivity index (χ1v) is 5.97. The van der Waals surface area contributed by atoms with Gasteiger partial charge in [0, 0.05) is 12.5 Å². The Kier molecular flexibility index (Phi) is 3.76. The Bertz CT molecular complexity index is 389. The van der Waals surface area contributed by atoms with E-state index < -0.39 is 12.0 Å². The highest BCUT2D eigenvalue weighted by Crippen LogP contribution is 2.28. The van der Waals surface area contributed by atoms with Gasteiger partial charge in [0.15, 0.2) is 0 Å². The SMILES string of the molecule is NCc1ccc(C2CCCNC2C(=O)O)cc1. The molecule has 1 aliphatic heterocycles. The summed E-state index contributed by atoms with van der Waals surface area (Å²) in [7, 11) is 0. The normalized spacial score (nSPS) is 24.5. The average Bonchev–Trinajstić information content (AvgIpc) is 2.39. The van der Waals surface area contributed by atoms with E-state index in [0.29, 0.717) is 6.54 Å². The smallest absolute Gasteiger partial charge is 0.321 e. The number of hydrogen-bond donors (Lipinski definition) is 3. The highest BCUT2D eigenvalue weighted by molar-refractivity contribution is 5.75. The summed E-state index contributed by atoms with van der Waals surface area (Å²) in [6.45, 7) is 1.31. The van der Waals surface area contributed by atoms with E-state index in [0.717, 1.165) is 30.5 Å². The summed E-state index contributed by atoms with van der Waals surface area (Å²) in [6.07, 6.45) is 1.94. The molecule has 0 aliphatic carbocycles. The minimum Gasteiger partial charge on any atom is -0.480 e. The standard InChI is InChI=1S/C13H18N2O2/c14-8-9-3-5-10(6-4-9)11-2-1-7-15-12(11)13(16)17/h3-6,11-12,15H,1-2,7-8,14H2,(H,16,17). The van der Waals surface area contributed by atoms with Crippen molar-refractivity contribution in [3.8, 4) is 0 Å². The van der Waals surface area contributed by atoms with Crippen LogP contribution in [0.15, 0.2) is 24.3 Å². The van der Waals surface area contributed by atoms with Crippen LogP contribution in [0.5, 0.6) is 0 Å². The topological polar surface area (TPSA) is 75.3 Å². The maximum atomic E-state index is 11.2. The maximum absolute atomic E-state index is 11.2. The van der Waals surface area contributed by atoms with Crippen LogP contribution in [0, 0.1) is 0 Å². The Balaban J connectivity index is 2.20. The Morgan fingerprint density at radius 2 is 2.12 bits per heavy atom. The quantitative estimate of drug-likeness (QED) is 0.731. The van der Waals surface area contributed by atoms with Crippen LogP contribution in [0.4, 0.5) is 0 Å². The molecule has 0 saturated carbocycles. The number of carboxylic acids is 1. The Hall–Kier alpha value is -1.39. The third-order valence-electron chi connectivity index (χ3n) is 3.37. The molecular formula is C13H18N2O2. The van der Waals surface area contributed by atoms with Crippen molar-refractivity contribution < 1.29 is 9.90 Å². The fourth-order valence-electron chi connectivity index (χ4n) is 2.41. The first kappa shape index (κ1) is 12.1. The van der Waals surface area contributed by atoms with Gasteiger partial charge in [-0.3, -0.25) is 4.79 Å². The zero-order chi connectivity index (χ0) is 12.3. The summed E-state index contributed by atoms with van der Waals surface area (Å²) in [5.41, 5.74) is 7.71. The molecule has 4 N–H and O–H groups in total. The third-order valence-corrected chi connectivity index (χ3v) is 3.37. The molecule has 0 radical (unpaired) electrons. The summed E-state index contributed by atoms with van der Waals surface area (Å²) in [6, 6.07) is 7.48. The Labute approximate surface area is 101 Å². The van der Waals surface area contributed by atoms with Crippen LogP contribution < -0.4 is 11.1 Å². The van der Waals surface area contributed by atoms with Crippen LogP contribution >= 0.6 is 0 Å². The van der Waals surface area contributed by atoms with Gasteiger partial charge in [0.2, 0.25) is 0 Å². The predicted molar refractivity (Wildman–Crippen MR) is 65.7 cm³/mol. The molecule has 0 aromatic heterocycles. The number of nitrogens with two attached hydrogens (primary N) is 1. The summed E-state index contributed by atoms with van der Waals surface area (Å²) < 4.78 is 0. The zero-order valence-electron chi connectivity index (χ0n) is 9.73. The van der Waals surface area contributed by atoms with Gasteiger partial charge >= 0.3 is 5.97 Å². The van der Waals surface area contributed by atoms with E-state index in [1.807, 2.05) is 24.3 Å². The average molecular weight is 234 g/mol. The van der Waals surface area contributed by atoms with E-state index in [4.69, 9.17) is 5.73 Å². The van der Waals surface area contributed by atoms with Crippen molar-refractivity contribution in [1.82, 2.24) is 5.32 Å². The molecule has 0 bridgehead atoms. The van der Waals surface area contributed by atoms with Gasteiger partial charge in [0.25, 0.3) is 0 Å². The molecule has 2 unspecified atom stereocenters. The fourth-order valence-corrected chi connectivity index (χ4v) is 2.41. The lowest BCUT2D eigenvalue weighted by Gasteiger charge is -2.30. The molecule has 2 atom stereocenters. The van der Waals surface area contributed by atoms with Gasteiger partial charge in [0.1, 0.15) is 6.04 Å². The molecule has 0 spiro atoms. The van der Waals surface area contributed by atoms with Crippen molar-refractivity contribution in [3.05, 3.63) is 35.4 Å². The Morgan fingerprint density at radius 3 is 2.71 bits per heavy atom. The van der Waals surface area contributed by atoms with E-state index in [2.05, 4.69) is 5.32 Å². The molecule has 1 aliphatic rings. The van der Waals surface area contributed by atoms with Gasteiger partial charge < -0.3 is 16.2 Å². The van der Waals surface area contributed by atoms with Crippen LogP contribution in [-0.4, -0.2) is 23.7 Å². The lowest BCUT2D eigenvalue weighted by molar-refractivity contribution is -0.140. The van der Waals surface area contributed by atoms with E-state index >= 15 is 0 Å². The van der Waals surface area contributed by atoms with Gasteiger partial charge in [-0.25, -0.2) is 0 Å². The number of benzene rings is 1. The van der Waals surface area contributed by atoms with Gasteiger partial charge in [-0.05, 0) is 30.5 Å². The third kappa shape index (κ3) is 2.65. The number of carboxylic acid groups (broad SMARTS) is 1. The lowest BCUT2D eigenvalue weighted by atomic mass is 9.84. The minimum atomic E-state index is -0.766. The van der Waals surface area contributed by atoms with Gasteiger partial charge in [-0.15, -0.1) is 0 Å². The van der Waals surface area contributed by atoms with Crippen molar-refractivity contribution in [2.24, 2.45) is 5.73 Å². The molecule has 1 aromatic rings. The molecule has 1 saturated heterocycles. The second-order valence-electron chi connectivity index (χ2n) is 4.46. The minimum absolute atomic E-state index is 0.0630.